The van der Waals surface area contributed by atoms with Crippen LogP contribution in [0.25, 0.3) is 11.0 Å². The van der Waals surface area contributed by atoms with E-state index in [-0.39, 0.29) is 11.8 Å². The highest BCUT2D eigenvalue weighted by molar-refractivity contribution is 7.90. The van der Waals surface area contributed by atoms with Crippen LogP contribution in [0.2, 0.25) is 0 Å². The zero-order valence-corrected chi connectivity index (χ0v) is 11.3. The lowest BCUT2D eigenvalue weighted by Gasteiger charge is -2.10. The molecule has 1 aromatic carbocycles. The first-order valence-corrected chi connectivity index (χ1v) is 7.91. The van der Waals surface area contributed by atoms with Crippen molar-refractivity contribution in [3.8, 4) is 0 Å². The molecule has 5 heteroatoms. The van der Waals surface area contributed by atoms with Crippen LogP contribution in [0.1, 0.15) is 18.7 Å². The number of benzene rings is 1. The number of rotatable bonds is 5. The molecule has 0 bridgehead atoms. The Bertz CT molecular complexity index is 597. The van der Waals surface area contributed by atoms with Crippen molar-refractivity contribution in [2.24, 2.45) is 0 Å². The number of hydrogen-bond acceptors (Lipinski definition) is 4. The summed E-state index contributed by atoms with van der Waals surface area (Å²) < 4.78 is 27.8. The number of hydrogen-bond donors (Lipinski definition) is 1. The topological polar surface area (TPSA) is 59.3 Å². The van der Waals surface area contributed by atoms with Gasteiger partial charge in [-0.3, -0.25) is 0 Å². The molecule has 0 saturated heterocycles. The third-order valence-corrected chi connectivity index (χ3v) is 3.74. The predicted molar refractivity (Wildman–Crippen MR) is 72.3 cm³/mol. The van der Waals surface area contributed by atoms with Crippen LogP contribution in [-0.4, -0.2) is 27.0 Å². The van der Waals surface area contributed by atoms with Crippen LogP contribution in [0.4, 0.5) is 0 Å². The standard InChI is InChI=1S/C13H17NO3S/c1-10(14-7-8-18(2,15)16)13-9-11-5-3-4-6-12(11)17-13/h3-6,9-10,14H,7-8H2,1-2H3. The van der Waals surface area contributed by atoms with Gasteiger partial charge in [0.1, 0.15) is 21.2 Å². The molecule has 4 nitrogen and oxygen atoms in total. The van der Waals surface area contributed by atoms with E-state index in [9.17, 15) is 8.42 Å². The predicted octanol–water partition coefficient (Wildman–Crippen LogP) is 2.13. The Labute approximate surface area is 107 Å². The zero-order chi connectivity index (χ0) is 13.2. The number of para-hydroxylation sites is 1. The summed E-state index contributed by atoms with van der Waals surface area (Å²) in [6.07, 6.45) is 1.24. The molecule has 1 N–H and O–H groups in total. The van der Waals surface area contributed by atoms with Gasteiger partial charge in [0.05, 0.1) is 11.8 Å². The quantitative estimate of drug-likeness (QED) is 0.901. The number of nitrogens with one attached hydrogen (secondary N) is 1. The highest BCUT2D eigenvalue weighted by Crippen LogP contribution is 2.23. The second-order valence-corrected chi connectivity index (χ2v) is 6.75. The molecule has 98 valence electrons. The average molecular weight is 267 g/mol. The molecule has 0 spiro atoms. The van der Waals surface area contributed by atoms with Crippen molar-refractivity contribution in [2.75, 3.05) is 18.6 Å². The van der Waals surface area contributed by atoms with Crippen LogP contribution in [-0.2, 0) is 9.84 Å². The van der Waals surface area contributed by atoms with Crippen LogP contribution in [0, 0.1) is 0 Å². The highest BCUT2D eigenvalue weighted by Gasteiger charge is 2.11. The molecular formula is C13H17NO3S. The smallest absolute Gasteiger partial charge is 0.148 e. The van der Waals surface area contributed by atoms with Crippen molar-refractivity contribution < 1.29 is 12.8 Å². The molecule has 2 rings (SSSR count). The van der Waals surface area contributed by atoms with Gasteiger partial charge in [0.25, 0.3) is 0 Å². The van der Waals surface area contributed by atoms with E-state index in [1.54, 1.807) is 0 Å². The maximum absolute atomic E-state index is 11.0. The van der Waals surface area contributed by atoms with E-state index in [0.717, 1.165) is 16.7 Å². The van der Waals surface area contributed by atoms with Gasteiger partial charge in [-0.05, 0) is 19.1 Å². The van der Waals surface area contributed by atoms with Crippen LogP contribution in [0.5, 0.6) is 0 Å². The SMILES string of the molecule is CC(NCCS(C)(=O)=O)c1cc2ccccc2o1. The molecule has 0 aliphatic rings. The summed E-state index contributed by atoms with van der Waals surface area (Å²) in [4.78, 5) is 0. The first kappa shape index (κ1) is 13.1. The summed E-state index contributed by atoms with van der Waals surface area (Å²) in [6, 6.07) is 9.78. The fraction of sp³-hybridized carbons (Fsp3) is 0.385. The van der Waals surface area contributed by atoms with E-state index in [2.05, 4.69) is 5.32 Å². The van der Waals surface area contributed by atoms with E-state index in [1.165, 1.54) is 6.26 Å². The number of furan rings is 1. The molecule has 0 fully saturated rings. The van der Waals surface area contributed by atoms with E-state index < -0.39 is 9.84 Å². The molecule has 1 aromatic heterocycles. The van der Waals surface area contributed by atoms with E-state index in [4.69, 9.17) is 4.42 Å². The summed E-state index contributed by atoms with van der Waals surface area (Å²) in [5, 5.41) is 4.20. The molecule has 0 radical (unpaired) electrons. The first-order valence-electron chi connectivity index (χ1n) is 5.85. The lowest BCUT2D eigenvalue weighted by atomic mass is 10.2. The van der Waals surface area contributed by atoms with Gasteiger partial charge in [0, 0.05) is 18.2 Å². The normalized spacial score (nSPS) is 13.9. The van der Waals surface area contributed by atoms with Gasteiger partial charge in [-0.15, -0.1) is 0 Å². The molecule has 1 atom stereocenters. The van der Waals surface area contributed by atoms with Gasteiger partial charge >= 0.3 is 0 Å². The van der Waals surface area contributed by atoms with Crippen molar-refractivity contribution in [2.45, 2.75) is 13.0 Å². The monoisotopic (exact) mass is 267 g/mol. The van der Waals surface area contributed by atoms with Crippen LogP contribution in [0.3, 0.4) is 0 Å². The van der Waals surface area contributed by atoms with Gasteiger partial charge in [-0.25, -0.2) is 8.42 Å². The molecule has 1 unspecified atom stereocenters. The summed E-state index contributed by atoms with van der Waals surface area (Å²) in [5.41, 5.74) is 0.851. The van der Waals surface area contributed by atoms with Crippen molar-refractivity contribution in [3.05, 3.63) is 36.1 Å². The Morgan fingerprint density at radius 3 is 2.72 bits per heavy atom. The Balaban J connectivity index is 2.02. The van der Waals surface area contributed by atoms with Crippen molar-refractivity contribution >= 4 is 20.8 Å². The van der Waals surface area contributed by atoms with E-state index >= 15 is 0 Å². The minimum atomic E-state index is -2.92. The maximum Gasteiger partial charge on any atom is 0.148 e. The Morgan fingerprint density at radius 1 is 1.33 bits per heavy atom. The summed E-state index contributed by atoms with van der Waals surface area (Å²) in [6.45, 7) is 2.39. The number of fused-ring (bicyclic) bond motifs is 1. The van der Waals surface area contributed by atoms with Gasteiger partial charge in [-0.2, -0.15) is 0 Å². The van der Waals surface area contributed by atoms with E-state index in [1.807, 2.05) is 37.3 Å². The second kappa shape index (κ2) is 5.12. The van der Waals surface area contributed by atoms with Crippen molar-refractivity contribution in [3.63, 3.8) is 0 Å². The lowest BCUT2D eigenvalue weighted by Crippen LogP contribution is -2.24. The number of sulfone groups is 1. The third-order valence-electron chi connectivity index (χ3n) is 2.79. The molecule has 0 aliphatic carbocycles. The Hall–Kier alpha value is -1.33. The molecule has 0 amide bonds. The van der Waals surface area contributed by atoms with Gasteiger partial charge in [0.15, 0.2) is 0 Å². The minimum absolute atomic E-state index is 0.000787. The third kappa shape index (κ3) is 3.34. The molecular weight excluding hydrogens is 250 g/mol. The minimum Gasteiger partial charge on any atom is -0.459 e. The average Bonchev–Trinajstić information content (AvgIpc) is 2.70. The highest BCUT2D eigenvalue weighted by atomic mass is 32.2. The fourth-order valence-corrected chi connectivity index (χ4v) is 2.27. The van der Waals surface area contributed by atoms with Gasteiger partial charge < -0.3 is 9.73 Å². The molecule has 0 aliphatic heterocycles. The Kier molecular flexibility index (Phi) is 3.73. The molecule has 2 aromatic rings. The summed E-state index contributed by atoms with van der Waals surface area (Å²) >= 11 is 0. The maximum atomic E-state index is 11.0. The van der Waals surface area contributed by atoms with Crippen molar-refractivity contribution in [1.82, 2.24) is 5.32 Å². The lowest BCUT2D eigenvalue weighted by molar-refractivity contribution is 0.459. The van der Waals surface area contributed by atoms with Crippen LogP contribution in [0.15, 0.2) is 34.7 Å². The fourth-order valence-electron chi connectivity index (χ4n) is 1.78. The van der Waals surface area contributed by atoms with E-state index in [0.29, 0.717) is 6.54 Å². The van der Waals surface area contributed by atoms with Gasteiger partial charge in [0.2, 0.25) is 0 Å². The van der Waals surface area contributed by atoms with Gasteiger partial charge in [-0.1, -0.05) is 18.2 Å². The van der Waals surface area contributed by atoms with Crippen LogP contribution < -0.4 is 5.32 Å². The molecule has 18 heavy (non-hydrogen) atoms. The molecule has 0 saturated carbocycles. The summed E-state index contributed by atoms with van der Waals surface area (Å²) in [5.74, 6) is 0.960. The second-order valence-electron chi connectivity index (χ2n) is 4.49. The zero-order valence-electron chi connectivity index (χ0n) is 10.5. The molecule has 1 heterocycles. The largest absolute Gasteiger partial charge is 0.459 e. The Morgan fingerprint density at radius 2 is 2.06 bits per heavy atom. The van der Waals surface area contributed by atoms with Crippen LogP contribution >= 0.6 is 0 Å². The van der Waals surface area contributed by atoms with Crippen molar-refractivity contribution in [1.29, 1.82) is 0 Å². The summed E-state index contributed by atoms with van der Waals surface area (Å²) in [7, 11) is -2.92. The first-order chi connectivity index (χ1) is 8.46.